The van der Waals surface area contributed by atoms with Gasteiger partial charge in [0.2, 0.25) is 0 Å². The van der Waals surface area contributed by atoms with Crippen LogP contribution in [-0.4, -0.2) is 28.9 Å². The van der Waals surface area contributed by atoms with Crippen molar-refractivity contribution in [2.75, 3.05) is 13.1 Å². The highest BCUT2D eigenvalue weighted by molar-refractivity contribution is 7.07. The molecule has 0 bridgehead atoms. The molecule has 15 heavy (non-hydrogen) atoms. The Bertz CT molecular complexity index is 345. The van der Waals surface area contributed by atoms with E-state index in [9.17, 15) is 9.90 Å². The van der Waals surface area contributed by atoms with Gasteiger partial charge >= 0.3 is 4.87 Å². The molecule has 1 aromatic heterocycles. The highest BCUT2D eigenvalue weighted by Gasteiger charge is 2.08. The van der Waals surface area contributed by atoms with E-state index in [0.29, 0.717) is 13.1 Å². The third-order valence-electron chi connectivity index (χ3n) is 2.18. The molecule has 5 heteroatoms. The molecule has 0 aromatic carbocycles. The van der Waals surface area contributed by atoms with Crippen molar-refractivity contribution in [1.29, 1.82) is 0 Å². The van der Waals surface area contributed by atoms with E-state index in [2.05, 4.69) is 12.2 Å². The molecule has 0 aliphatic heterocycles. The molecular formula is C10H18N2O2S. The first kappa shape index (κ1) is 12.4. The second kappa shape index (κ2) is 6.05. The van der Waals surface area contributed by atoms with Gasteiger partial charge in [0.1, 0.15) is 0 Å². The lowest BCUT2D eigenvalue weighted by atomic mass is 10.3. The Balaban J connectivity index is 2.44. The minimum absolute atomic E-state index is 0.00189. The highest BCUT2D eigenvalue weighted by Crippen LogP contribution is 2.00. The normalized spacial score (nSPS) is 13.0. The minimum atomic E-state index is -0.498. The van der Waals surface area contributed by atoms with Crippen molar-refractivity contribution in [3.05, 3.63) is 20.7 Å². The first-order valence-corrected chi connectivity index (χ1v) is 6.06. The van der Waals surface area contributed by atoms with Gasteiger partial charge in [-0.3, -0.25) is 4.79 Å². The van der Waals surface area contributed by atoms with Crippen molar-refractivity contribution in [3.63, 3.8) is 0 Å². The lowest BCUT2D eigenvalue weighted by Gasteiger charge is -2.12. The summed E-state index contributed by atoms with van der Waals surface area (Å²) in [5.41, 5.74) is 0.916. The summed E-state index contributed by atoms with van der Waals surface area (Å²) in [6.45, 7) is 5.77. The topological polar surface area (TPSA) is 54.3 Å². The zero-order valence-corrected chi connectivity index (χ0v) is 10.0. The maximum absolute atomic E-state index is 11.4. The Morgan fingerprint density at radius 3 is 2.93 bits per heavy atom. The third-order valence-corrected chi connectivity index (χ3v) is 3.06. The molecule has 0 amide bonds. The molecule has 0 fully saturated rings. The first-order valence-electron chi connectivity index (χ1n) is 5.18. The van der Waals surface area contributed by atoms with E-state index in [0.717, 1.165) is 18.7 Å². The number of hydrogen-bond acceptors (Lipinski definition) is 4. The summed E-state index contributed by atoms with van der Waals surface area (Å²) >= 11 is 1.18. The SMILES string of the molecule is CCCNCC(O)Cn1c(C)csc1=O. The molecule has 0 aliphatic carbocycles. The van der Waals surface area contributed by atoms with Gasteiger partial charge in [-0.15, -0.1) is 0 Å². The number of rotatable bonds is 6. The van der Waals surface area contributed by atoms with Gasteiger partial charge in [0.25, 0.3) is 0 Å². The molecule has 2 N–H and O–H groups in total. The van der Waals surface area contributed by atoms with E-state index in [4.69, 9.17) is 0 Å². The van der Waals surface area contributed by atoms with Crippen LogP contribution in [0.25, 0.3) is 0 Å². The molecule has 0 radical (unpaired) electrons. The number of nitrogens with zero attached hydrogens (tertiary/aromatic N) is 1. The van der Waals surface area contributed by atoms with Gasteiger partial charge in [-0.2, -0.15) is 0 Å². The molecule has 86 valence electrons. The standard InChI is InChI=1S/C10H18N2O2S/c1-3-4-11-5-9(13)6-12-8(2)7-15-10(12)14/h7,9,11,13H,3-6H2,1-2H3. The molecule has 0 saturated carbocycles. The van der Waals surface area contributed by atoms with Crippen LogP contribution in [0.1, 0.15) is 19.0 Å². The second-order valence-electron chi connectivity index (χ2n) is 3.61. The maximum Gasteiger partial charge on any atom is 0.307 e. The number of aryl methyl sites for hydroxylation is 1. The molecule has 1 aromatic rings. The summed E-state index contributed by atoms with van der Waals surface area (Å²) in [5, 5.41) is 14.6. The van der Waals surface area contributed by atoms with Gasteiger partial charge in [0.05, 0.1) is 12.6 Å². The van der Waals surface area contributed by atoms with Crippen molar-refractivity contribution in [3.8, 4) is 0 Å². The second-order valence-corrected chi connectivity index (χ2v) is 4.43. The molecule has 1 rings (SSSR count). The van der Waals surface area contributed by atoms with Gasteiger partial charge in [-0.25, -0.2) is 0 Å². The van der Waals surface area contributed by atoms with Crippen molar-refractivity contribution in [1.82, 2.24) is 9.88 Å². The zero-order valence-electron chi connectivity index (χ0n) is 9.19. The predicted molar refractivity (Wildman–Crippen MR) is 62.5 cm³/mol. The van der Waals surface area contributed by atoms with E-state index >= 15 is 0 Å². The quantitative estimate of drug-likeness (QED) is 0.703. The zero-order chi connectivity index (χ0) is 11.3. The van der Waals surface area contributed by atoms with Crippen molar-refractivity contribution >= 4 is 11.3 Å². The van der Waals surface area contributed by atoms with Crippen LogP contribution < -0.4 is 10.2 Å². The Kier molecular flexibility index (Phi) is 5.01. The van der Waals surface area contributed by atoms with Crippen LogP contribution in [0.5, 0.6) is 0 Å². The number of aliphatic hydroxyl groups excluding tert-OH is 1. The Morgan fingerprint density at radius 1 is 1.67 bits per heavy atom. The Labute approximate surface area is 93.6 Å². The number of thiazole rings is 1. The summed E-state index contributed by atoms with van der Waals surface area (Å²) < 4.78 is 1.61. The van der Waals surface area contributed by atoms with Gasteiger partial charge in [-0.05, 0) is 19.9 Å². The van der Waals surface area contributed by atoms with Crippen molar-refractivity contribution in [2.45, 2.75) is 32.9 Å². The van der Waals surface area contributed by atoms with Crippen LogP contribution in [0.15, 0.2) is 10.2 Å². The largest absolute Gasteiger partial charge is 0.390 e. The van der Waals surface area contributed by atoms with Crippen LogP contribution in [0.3, 0.4) is 0 Å². The molecule has 0 saturated heterocycles. The lowest BCUT2D eigenvalue weighted by Crippen LogP contribution is -2.33. The van der Waals surface area contributed by atoms with Crippen LogP contribution in [0.2, 0.25) is 0 Å². The number of aromatic nitrogens is 1. The lowest BCUT2D eigenvalue weighted by molar-refractivity contribution is 0.150. The summed E-state index contributed by atoms with van der Waals surface area (Å²) in [4.78, 5) is 11.4. The number of aliphatic hydroxyl groups is 1. The van der Waals surface area contributed by atoms with E-state index < -0.39 is 6.10 Å². The Morgan fingerprint density at radius 2 is 2.40 bits per heavy atom. The highest BCUT2D eigenvalue weighted by atomic mass is 32.1. The van der Waals surface area contributed by atoms with Crippen molar-refractivity contribution in [2.24, 2.45) is 0 Å². The van der Waals surface area contributed by atoms with Gasteiger partial charge in [0.15, 0.2) is 0 Å². The Hall–Kier alpha value is -0.650. The average Bonchev–Trinajstić information content (AvgIpc) is 2.50. The van der Waals surface area contributed by atoms with Gasteiger partial charge < -0.3 is 15.0 Å². The van der Waals surface area contributed by atoms with Crippen molar-refractivity contribution < 1.29 is 5.11 Å². The molecule has 0 spiro atoms. The predicted octanol–water partition coefficient (Wildman–Crippen LogP) is 0.579. The summed E-state index contributed by atoms with van der Waals surface area (Å²) in [6.07, 6.45) is 0.548. The fourth-order valence-electron chi connectivity index (χ4n) is 1.35. The van der Waals surface area contributed by atoms with E-state index in [1.807, 2.05) is 12.3 Å². The fourth-order valence-corrected chi connectivity index (χ4v) is 2.09. The molecule has 1 unspecified atom stereocenters. The minimum Gasteiger partial charge on any atom is -0.390 e. The monoisotopic (exact) mass is 230 g/mol. The van der Waals surface area contributed by atoms with Crippen LogP contribution in [0, 0.1) is 6.92 Å². The van der Waals surface area contributed by atoms with E-state index in [1.54, 1.807) is 4.57 Å². The summed E-state index contributed by atoms with van der Waals surface area (Å²) in [5.74, 6) is 0. The van der Waals surface area contributed by atoms with E-state index in [-0.39, 0.29) is 4.87 Å². The van der Waals surface area contributed by atoms with Gasteiger partial charge in [-0.1, -0.05) is 18.3 Å². The third kappa shape index (κ3) is 3.77. The molecular weight excluding hydrogens is 212 g/mol. The van der Waals surface area contributed by atoms with E-state index in [1.165, 1.54) is 11.3 Å². The smallest absolute Gasteiger partial charge is 0.307 e. The van der Waals surface area contributed by atoms with Crippen LogP contribution in [0.4, 0.5) is 0 Å². The maximum atomic E-state index is 11.4. The molecule has 0 aliphatic rings. The van der Waals surface area contributed by atoms with Gasteiger partial charge in [0, 0.05) is 17.6 Å². The summed E-state index contributed by atoms with van der Waals surface area (Å²) in [7, 11) is 0. The molecule has 4 nitrogen and oxygen atoms in total. The number of hydrogen-bond donors (Lipinski definition) is 2. The summed E-state index contributed by atoms with van der Waals surface area (Å²) in [6, 6.07) is 0. The molecule has 1 atom stereocenters. The fraction of sp³-hybridized carbons (Fsp3) is 0.700. The van der Waals surface area contributed by atoms with Crippen LogP contribution >= 0.6 is 11.3 Å². The first-order chi connectivity index (χ1) is 7.15. The molecule has 1 heterocycles. The number of nitrogens with one attached hydrogen (secondary N) is 1. The average molecular weight is 230 g/mol. The van der Waals surface area contributed by atoms with Crippen LogP contribution in [-0.2, 0) is 6.54 Å².